The lowest BCUT2D eigenvalue weighted by Crippen LogP contribution is -2.41. The molecule has 1 saturated heterocycles. The average Bonchev–Trinajstić information content (AvgIpc) is 3.74. The SMILES string of the molecule is CCCCCCCCCCCCCCCCCOC(C[C@H](COP(=O)(O)O)OCc1ccc(C#N)cc1)C[C@H]1O[C@@](C#N)(c2ccc3c(N)ncnn23)[C@H](O)[C@@H]1O. The zero-order valence-corrected chi connectivity index (χ0v) is 34.1. The van der Waals surface area contributed by atoms with E-state index >= 15 is 0 Å². The van der Waals surface area contributed by atoms with Gasteiger partial charge in [-0.15, -0.1) is 0 Å². The van der Waals surface area contributed by atoms with Gasteiger partial charge in [-0.2, -0.15) is 15.6 Å². The number of aliphatic hydroxyl groups excluding tert-OH is 2. The number of unbranched alkanes of at least 4 members (excludes halogenated alkanes) is 14. The molecular weight excluding hydrogens is 751 g/mol. The molecule has 0 spiro atoms. The predicted octanol–water partition coefficient (Wildman–Crippen LogP) is 6.75. The van der Waals surface area contributed by atoms with Crippen LogP contribution in [0.15, 0.2) is 42.7 Å². The number of ether oxygens (including phenoxy) is 3. The van der Waals surface area contributed by atoms with Crippen LogP contribution in [0.2, 0.25) is 0 Å². The summed E-state index contributed by atoms with van der Waals surface area (Å²) in [7, 11) is -4.86. The fourth-order valence-corrected chi connectivity index (χ4v) is 7.73. The highest BCUT2D eigenvalue weighted by Gasteiger charge is 2.57. The van der Waals surface area contributed by atoms with E-state index in [-0.39, 0.29) is 31.0 Å². The van der Waals surface area contributed by atoms with Crippen molar-refractivity contribution in [3.05, 3.63) is 59.5 Å². The molecule has 16 heteroatoms. The molecule has 0 aliphatic carbocycles. The first-order valence-corrected chi connectivity index (χ1v) is 22.0. The first kappa shape index (κ1) is 46.2. The van der Waals surface area contributed by atoms with Gasteiger partial charge in [0, 0.05) is 19.4 Å². The monoisotopic (exact) mass is 812 g/mol. The zero-order valence-electron chi connectivity index (χ0n) is 33.2. The zero-order chi connectivity index (χ0) is 41.1. The second-order valence-corrected chi connectivity index (χ2v) is 16.3. The molecule has 1 unspecified atom stereocenters. The molecule has 1 aliphatic heterocycles. The Labute approximate surface area is 336 Å². The molecule has 3 heterocycles. The van der Waals surface area contributed by atoms with E-state index in [9.17, 15) is 29.8 Å². The summed E-state index contributed by atoms with van der Waals surface area (Å²) in [5, 5.41) is 46.4. The lowest BCUT2D eigenvalue weighted by Gasteiger charge is -2.28. The van der Waals surface area contributed by atoms with Gasteiger partial charge in [0.2, 0.25) is 5.60 Å². The first-order valence-electron chi connectivity index (χ1n) is 20.5. The Morgan fingerprint density at radius 1 is 0.895 bits per heavy atom. The van der Waals surface area contributed by atoms with Crippen LogP contribution in [0.1, 0.15) is 133 Å². The summed E-state index contributed by atoms with van der Waals surface area (Å²) in [6.07, 6.45) is 13.8. The van der Waals surface area contributed by atoms with Crippen LogP contribution < -0.4 is 5.73 Å². The maximum absolute atomic E-state index is 11.7. The molecule has 3 aromatic rings. The van der Waals surface area contributed by atoms with Gasteiger partial charge in [-0.1, -0.05) is 109 Å². The molecule has 0 bridgehead atoms. The summed E-state index contributed by atoms with van der Waals surface area (Å²) < 4.78 is 36.6. The molecule has 6 atom stereocenters. The van der Waals surface area contributed by atoms with Crippen LogP contribution in [0, 0.1) is 22.7 Å². The number of nitrogens with zero attached hydrogens (tertiary/aromatic N) is 5. The number of nitrogens with two attached hydrogens (primary N) is 1. The number of nitrogen functional groups attached to an aromatic ring is 1. The second-order valence-electron chi connectivity index (χ2n) is 15.0. The largest absolute Gasteiger partial charge is 0.469 e. The number of phosphoric ester groups is 1. The molecule has 2 aromatic heterocycles. The molecular formula is C41H61N6O9P. The fourth-order valence-electron chi connectivity index (χ4n) is 7.37. The summed E-state index contributed by atoms with van der Waals surface area (Å²) >= 11 is 0. The standard InChI is InChI=1S/C41H61N6O9P/c1-2-3-4-5-6-7-8-9-10-11-12-13-14-15-16-23-53-33(24-34(28-55-57(50,51)52)54-27-32-19-17-31(26-42)18-20-32)25-36-38(48)39(49)41(29-43,56-36)37-22-21-35-40(44)45-30-46-47(35)37/h17-22,30,33-34,36,38-39,48-49H,2-16,23-25,27-28H2,1H3,(H2,44,45,46)(H2,50,51,52)/t33?,34-,36-,38-,39-,41+/m1/s1. The number of hydrogen-bond acceptors (Lipinski definition) is 12. The summed E-state index contributed by atoms with van der Waals surface area (Å²) in [5.41, 5.74) is 5.76. The van der Waals surface area contributed by atoms with Gasteiger partial charge in [0.15, 0.2) is 5.82 Å². The van der Waals surface area contributed by atoms with Crippen molar-refractivity contribution in [2.45, 2.75) is 159 Å². The molecule has 57 heavy (non-hydrogen) atoms. The Kier molecular flexibility index (Phi) is 19.3. The molecule has 4 rings (SSSR count). The minimum atomic E-state index is -4.86. The third kappa shape index (κ3) is 14.4. The number of aliphatic hydroxyl groups is 2. The Morgan fingerprint density at radius 2 is 1.51 bits per heavy atom. The summed E-state index contributed by atoms with van der Waals surface area (Å²) in [6, 6.07) is 14.0. The van der Waals surface area contributed by atoms with Gasteiger partial charge >= 0.3 is 7.82 Å². The van der Waals surface area contributed by atoms with E-state index in [4.69, 9.17) is 29.7 Å². The van der Waals surface area contributed by atoms with Crippen molar-refractivity contribution in [3.8, 4) is 12.1 Å². The van der Waals surface area contributed by atoms with Crippen molar-refractivity contribution < 1.29 is 43.3 Å². The number of phosphoric acid groups is 1. The van der Waals surface area contributed by atoms with E-state index < -0.39 is 50.6 Å². The van der Waals surface area contributed by atoms with Crippen molar-refractivity contribution >= 4 is 19.2 Å². The number of benzene rings is 1. The van der Waals surface area contributed by atoms with E-state index in [1.54, 1.807) is 36.4 Å². The normalized spacial score (nSPS) is 20.7. The number of anilines is 1. The van der Waals surface area contributed by atoms with Gasteiger partial charge in [0.1, 0.15) is 30.1 Å². The minimum Gasteiger partial charge on any atom is -0.388 e. The molecule has 1 aliphatic rings. The van der Waals surface area contributed by atoms with Crippen LogP contribution in [-0.2, 0) is 35.5 Å². The van der Waals surface area contributed by atoms with Gasteiger partial charge < -0.3 is 39.9 Å². The van der Waals surface area contributed by atoms with E-state index in [0.29, 0.717) is 17.7 Å². The van der Waals surface area contributed by atoms with Gasteiger partial charge in [0.05, 0.1) is 48.9 Å². The highest BCUT2D eigenvalue weighted by Crippen LogP contribution is 2.42. The number of rotatable bonds is 28. The minimum absolute atomic E-state index is 0.00741. The van der Waals surface area contributed by atoms with Crippen LogP contribution in [-0.4, -0.2) is 78.3 Å². The lowest BCUT2D eigenvalue weighted by molar-refractivity contribution is -0.0868. The second kappa shape index (κ2) is 23.8. The quantitative estimate of drug-likeness (QED) is 0.0376. The van der Waals surface area contributed by atoms with E-state index in [1.165, 1.54) is 81.5 Å². The Morgan fingerprint density at radius 3 is 2.09 bits per heavy atom. The first-order chi connectivity index (χ1) is 27.5. The fraction of sp³-hybridized carbons (Fsp3) is 0.659. The Balaban J connectivity index is 1.37. The highest BCUT2D eigenvalue weighted by molar-refractivity contribution is 7.46. The third-order valence-electron chi connectivity index (χ3n) is 10.6. The summed E-state index contributed by atoms with van der Waals surface area (Å²) in [4.78, 5) is 23.0. The number of aromatic nitrogens is 3. The van der Waals surface area contributed by atoms with Crippen LogP contribution >= 0.6 is 7.82 Å². The van der Waals surface area contributed by atoms with Gasteiger partial charge in [0.25, 0.3) is 0 Å². The van der Waals surface area contributed by atoms with Crippen LogP contribution in [0.5, 0.6) is 0 Å². The van der Waals surface area contributed by atoms with Gasteiger partial charge in [-0.25, -0.2) is 14.1 Å². The van der Waals surface area contributed by atoms with Crippen molar-refractivity contribution in [3.63, 3.8) is 0 Å². The lowest BCUT2D eigenvalue weighted by atomic mass is 9.91. The Hall–Kier alpha value is -3.47. The van der Waals surface area contributed by atoms with Gasteiger partial charge in [-0.05, 0) is 36.2 Å². The third-order valence-corrected chi connectivity index (χ3v) is 11.1. The van der Waals surface area contributed by atoms with Crippen molar-refractivity contribution in [1.29, 1.82) is 10.5 Å². The smallest absolute Gasteiger partial charge is 0.388 e. The predicted molar refractivity (Wildman–Crippen MR) is 213 cm³/mol. The van der Waals surface area contributed by atoms with Crippen LogP contribution in [0.4, 0.5) is 5.82 Å². The number of nitriles is 2. The molecule has 314 valence electrons. The van der Waals surface area contributed by atoms with E-state index in [2.05, 4.69) is 29.1 Å². The van der Waals surface area contributed by atoms with E-state index in [1.807, 2.05) is 0 Å². The summed E-state index contributed by atoms with van der Waals surface area (Å²) in [6.45, 7) is 2.20. The average molecular weight is 813 g/mol. The molecule has 0 saturated carbocycles. The summed E-state index contributed by atoms with van der Waals surface area (Å²) in [5.74, 6) is 0.158. The molecule has 0 radical (unpaired) electrons. The number of fused-ring (bicyclic) bond motifs is 1. The number of hydrogen-bond donors (Lipinski definition) is 5. The van der Waals surface area contributed by atoms with Crippen molar-refractivity contribution in [2.75, 3.05) is 18.9 Å². The molecule has 15 nitrogen and oxygen atoms in total. The topological polar surface area (TPSA) is 239 Å². The van der Waals surface area contributed by atoms with Crippen LogP contribution in [0.25, 0.3) is 5.52 Å². The maximum Gasteiger partial charge on any atom is 0.469 e. The van der Waals surface area contributed by atoms with Crippen molar-refractivity contribution in [2.24, 2.45) is 0 Å². The molecule has 0 amide bonds. The van der Waals surface area contributed by atoms with Crippen LogP contribution in [0.3, 0.4) is 0 Å². The molecule has 6 N–H and O–H groups in total. The molecule has 1 fully saturated rings. The van der Waals surface area contributed by atoms with Crippen molar-refractivity contribution in [1.82, 2.24) is 14.6 Å². The molecule has 1 aromatic carbocycles. The maximum atomic E-state index is 11.7. The van der Waals surface area contributed by atoms with Gasteiger partial charge in [-0.3, -0.25) is 4.52 Å². The Bertz CT molecular complexity index is 1760. The van der Waals surface area contributed by atoms with E-state index in [0.717, 1.165) is 31.2 Å². The highest BCUT2D eigenvalue weighted by atomic mass is 31.2.